The molecule has 18 heavy (non-hydrogen) atoms. The number of ketones is 1. The molecular formula is C16H15NO. The average Bonchev–Trinajstić information content (AvgIpc) is 2.33. The average molecular weight is 237 g/mol. The summed E-state index contributed by atoms with van der Waals surface area (Å²) in [4.78, 5) is 11.9. The number of nitriles is 1. The summed E-state index contributed by atoms with van der Waals surface area (Å²) in [7, 11) is 0. The molecule has 0 saturated heterocycles. The van der Waals surface area contributed by atoms with Crippen LogP contribution < -0.4 is 0 Å². The Morgan fingerprint density at radius 1 is 1.28 bits per heavy atom. The third-order valence-electron chi connectivity index (χ3n) is 3.21. The molecule has 90 valence electrons. The van der Waals surface area contributed by atoms with Crippen LogP contribution in [0.4, 0.5) is 0 Å². The third kappa shape index (κ3) is 2.95. The van der Waals surface area contributed by atoms with Gasteiger partial charge in [0.25, 0.3) is 0 Å². The van der Waals surface area contributed by atoms with Crippen LogP contribution in [-0.4, -0.2) is 5.78 Å². The predicted molar refractivity (Wildman–Crippen MR) is 71.5 cm³/mol. The van der Waals surface area contributed by atoms with E-state index in [-0.39, 0.29) is 17.3 Å². The molecule has 2 heteroatoms. The summed E-state index contributed by atoms with van der Waals surface area (Å²) in [5.41, 5.74) is 1.33. The summed E-state index contributed by atoms with van der Waals surface area (Å²) in [5.74, 6) is 0.0856. The van der Waals surface area contributed by atoms with E-state index in [4.69, 9.17) is 5.26 Å². The van der Waals surface area contributed by atoms with Crippen LogP contribution >= 0.6 is 0 Å². The van der Waals surface area contributed by atoms with Crippen molar-refractivity contribution in [1.82, 2.24) is 0 Å². The minimum absolute atomic E-state index is 0.00135. The van der Waals surface area contributed by atoms with Gasteiger partial charge in [-0.2, -0.15) is 5.26 Å². The summed E-state index contributed by atoms with van der Waals surface area (Å²) in [6.45, 7) is 0. The molecule has 0 atom stereocenters. The topological polar surface area (TPSA) is 40.9 Å². The Morgan fingerprint density at radius 3 is 2.56 bits per heavy atom. The second kappa shape index (κ2) is 5.97. The van der Waals surface area contributed by atoms with Gasteiger partial charge in [0.2, 0.25) is 0 Å². The van der Waals surface area contributed by atoms with E-state index in [2.05, 4.69) is 0 Å². The summed E-state index contributed by atoms with van der Waals surface area (Å²) in [6.07, 6.45) is 8.25. The largest absolute Gasteiger partial charge is 0.293 e. The first-order valence-electron chi connectivity index (χ1n) is 6.19. The van der Waals surface area contributed by atoms with Gasteiger partial charge < -0.3 is 0 Å². The van der Waals surface area contributed by atoms with Crippen molar-refractivity contribution >= 4 is 11.9 Å². The summed E-state index contributed by atoms with van der Waals surface area (Å²) in [5, 5.41) is 8.99. The van der Waals surface area contributed by atoms with Crippen LogP contribution in [0.3, 0.4) is 0 Å². The molecule has 0 aliphatic heterocycles. The maximum absolute atomic E-state index is 11.9. The highest BCUT2D eigenvalue weighted by atomic mass is 16.1. The van der Waals surface area contributed by atoms with E-state index in [9.17, 15) is 4.79 Å². The van der Waals surface area contributed by atoms with E-state index in [0.29, 0.717) is 0 Å². The molecular weight excluding hydrogens is 222 g/mol. The fourth-order valence-corrected chi connectivity index (χ4v) is 1.88. The van der Waals surface area contributed by atoms with Crippen molar-refractivity contribution in [3.8, 4) is 6.07 Å². The van der Waals surface area contributed by atoms with Gasteiger partial charge in [-0.3, -0.25) is 4.79 Å². The molecule has 2 rings (SSSR count). The highest BCUT2D eigenvalue weighted by Gasteiger charge is 2.27. The van der Waals surface area contributed by atoms with Crippen LogP contribution in [0.25, 0.3) is 6.08 Å². The molecule has 0 amide bonds. The Bertz CT molecular complexity index is 516. The van der Waals surface area contributed by atoms with Gasteiger partial charge in [-0.15, -0.1) is 0 Å². The van der Waals surface area contributed by atoms with Gasteiger partial charge in [-0.25, -0.2) is 0 Å². The molecule has 0 aromatic heterocycles. The van der Waals surface area contributed by atoms with Crippen molar-refractivity contribution in [1.29, 1.82) is 5.26 Å². The van der Waals surface area contributed by atoms with E-state index in [0.717, 1.165) is 24.8 Å². The number of hydrogen-bond donors (Lipinski definition) is 0. The Hall–Kier alpha value is -2.14. The molecule has 0 N–H and O–H groups in total. The molecule has 1 saturated carbocycles. The Balaban J connectivity index is 2.04. The van der Waals surface area contributed by atoms with Crippen molar-refractivity contribution in [3.05, 3.63) is 53.6 Å². The van der Waals surface area contributed by atoms with Crippen LogP contribution in [0.2, 0.25) is 0 Å². The van der Waals surface area contributed by atoms with Gasteiger partial charge >= 0.3 is 0 Å². The highest BCUT2D eigenvalue weighted by Crippen LogP contribution is 2.29. The zero-order valence-electron chi connectivity index (χ0n) is 10.2. The van der Waals surface area contributed by atoms with Crippen LogP contribution in [0, 0.1) is 17.2 Å². The quantitative estimate of drug-likeness (QED) is 0.456. The molecule has 0 heterocycles. The molecule has 2 nitrogen and oxygen atoms in total. The number of allylic oxidation sites excluding steroid dienone is 3. The van der Waals surface area contributed by atoms with Gasteiger partial charge in [0.15, 0.2) is 5.78 Å². The molecule has 1 aliphatic carbocycles. The molecule has 1 aliphatic rings. The maximum Gasteiger partial charge on any atom is 0.176 e. The van der Waals surface area contributed by atoms with E-state index in [1.807, 2.05) is 42.5 Å². The number of nitrogens with zero attached hydrogens (tertiary/aromatic N) is 1. The number of benzene rings is 1. The lowest BCUT2D eigenvalue weighted by molar-refractivity contribution is -0.121. The van der Waals surface area contributed by atoms with E-state index in [1.54, 1.807) is 12.2 Å². The van der Waals surface area contributed by atoms with Crippen LogP contribution in [0.5, 0.6) is 0 Å². The minimum atomic E-state index is 0.00135. The summed E-state index contributed by atoms with van der Waals surface area (Å²) in [6, 6.07) is 11.8. The normalized spacial score (nSPS) is 16.3. The first-order valence-corrected chi connectivity index (χ1v) is 6.19. The second-order valence-corrected chi connectivity index (χ2v) is 4.45. The number of carbonyl (C=O) groups is 1. The summed E-state index contributed by atoms with van der Waals surface area (Å²) >= 11 is 0. The standard InChI is InChI=1S/C16H15NO/c17-12-15(16(18)14-9-5-10-14)11-4-8-13-6-2-1-3-7-13/h1-4,6-8,11,14H,5,9-10H2/b8-4+,15-11-. The molecule has 1 aromatic rings. The van der Waals surface area contributed by atoms with Gasteiger partial charge in [0, 0.05) is 5.92 Å². The molecule has 1 fully saturated rings. The first-order chi connectivity index (χ1) is 8.81. The zero-order chi connectivity index (χ0) is 12.8. The molecule has 0 bridgehead atoms. The van der Waals surface area contributed by atoms with Gasteiger partial charge in [0.05, 0.1) is 5.57 Å². The van der Waals surface area contributed by atoms with Gasteiger partial charge in [-0.05, 0) is 24.5 Å². The lowest BCUT2D eigenvalue weighted by Gasteiger charge is -2.23. The number of hydrogen-bond acceptors (Lipinski definition) is 2. The number of rotatable bonds is 4. The fourth-order valence-electron chi connectivity index (χ4n) is 1.88. The Labute approximate surface area is 107 Å². The van der Waals surface area contributed by atoms with Crippen molar-refractivity contribution in [2.45, 2.75) is 19.3 Å². The Kier molecular flexibility index (Phi) is 4.09. The summed E-state index contributed by atoms with van der Waals surface area (Å²) < 4.78 is 0. The van der Waals surface area contributed by atoms with Crippen molar-refractivity contribution < 1.29 is 4.79 Å². The fraction of sp³-hybridized carbons (Fsp3) is 0.250. The first kappa shape index (κ1) is 12.3. The number of Topliss-reactive ketones (excluding diaryl/α,β-unsaturated/α-hetero) is 1. The maximum atomic E-state index is 11.9. The van der Waals surface area contributed by atoms with Gasteiger partial charge in [0.1, 0.15) is 6.07 Å². The van der Waals surface area contributed by atoms with E-state index in [1.165, 1.54) is 0 Å². The van der Waals surface area contributed by atoms with Crippen LogP contribution in [0.15, 0.2) is 48.1 Å². The SMILES string of the molecule is N#C/C(=C/C=C/c1ccccc1)C(=O)C1CCC1. The highest BCUT2D eigenvalue weighted by molar-refractivity contribution is 6.01. The minimum Gasteiger partial charge on any atom is -0.293 e. The van der Waals surface area contributed by atoms with E-state index < -0.39 is 0 Å². The van der Waals surface area contributed by atoms with Crippen molar-refractivity contribution in [2.24, 2.45) is 5.92 Å². The van der Waals surface area contributed by atoms with Gasteiger partial charge in [-0.1, -0.05) is 48.9 Å². The molecule has 1 aromatic carbocycles. The zero-order valence-corrected chi connectivity index (χ0v) is 10.2. The molecule has 0 unspecified atom stereocenters. The van der Waals surface area contributed by atoms with Crippen LogP contribution in [0.1, 0.15) is 24.8 Å². The molecule has 0 radical (unpaired) electrons. The Morgan fingerprint density at radius 2 is 2.00 bits per heavy atom. The van der Waals surface area contributed by atoms with Crippen LogP contribution in [-0.2, 0) is 4.79 Å². The lowest BCUT2D eigenvalue weighted by Crippen LogP contribution is -2.22. The number of carbonyl (C=O) groups excluding carboxylic acids is 1. The lowest BCUT2D eigenvalue weighted by atomic mass is 9.80. The molecule has 0 spiro atoms. The second-order valence-electron chi connectivity index (χ2n) is 4.45. The third-order valence-corrected chi connectivity index (χ3v) is 3.21. The van der Waals surface area contributed by atoms with E-state index >= 15 is 0 Å². The van der Waals surface area contributed by atoms with Crippen molar-refractivity contribution in [2.75, 3.05) is 0 Å². The predicted octanol–water partition coefficient (Wildman–Crippen LogP) is 3.52. The smallest absolute Gasteiger partial charge is 0.176 e. The monoisotopic (exact) mass is 237 g/mol. The van der Waals surface area contributed by atoms with Crippen molar-refractivity contribution in [3.63, 3.8) is 0 Å².